The summed E-state index contributed by atoms with van der Waals surface area (Å²) in [5.74, 6) is 0. The highest BCUT2D eigenvalue weighted by Crippen LogP contribution is 2.22. The number of carbonyl (C=O) groups excluding carboxylic acids is 1. The molecule has 1 N–H and O–H groups in total. The molecular formula is C25H24N2O2S. The molecule has 152 valence electrons. The third-order valence-corrected chi connectivity index (χ3v) is 5.92. The van der Waals surface area contributed by atoms with Crippen molar-refractivity contribution in [3.8, 4) is 0 Å². The van der Waals surface area contributed by atoms with E-state index in [1.54, 1.807) is 23.9 Å². The van der Waals surface area contributed by atoms with E-state index in [4.69, 9.17) is 4.42 Å². The Morgan fingerprint density at radius 1 is 0.933 bits per heavy atom. The second-order valence-electron chi connectivity index (χ2n) is 7.09. The number of furan rings is 1. The lowest BCUT2D eigenvalue weighted by atomic mass is 9.99. The molecule has 0 fully saturated rings. The zero-order chi connectivity index (χ0) is 20.6. The van der Waals surface area contributed by atoms with E-state index in [0.717, 1.165) is 23.1 Å². The molecule has 0 saturated heterocycles. The third-order valence-electron chi connectivity index (χ3n) is 4.98. The Morgan fingerprint density at radius 3 is 2.20 bits per heavy atom. The first-order chi connectivity index (χ1) is 14.8. The van der Waals surface area contributed by atoms with Crippen LogP contribution in [0.15, 0.2) is 101 Å². The molecule has 0 bridgehead atoms. The van der Waals surface area contributed by atoms with Crippen LogP contribution >= 0.6 is 11.3 Å². The smallest absolute Gasteiger partial charge is 0.318 e. The highest BCUT2D eigenvalue weighted by molar-refractivity contribution is 7.09. The van der Waals surface area contributed by atoms with Crippen molar-refractivity contribution >= 4 is 17.4 Å². The zero-order valence-corrected chi connectivity index (χ0v) is 17.4. The van der Waals surface area contributed by atoms with Gasteiger partial charge in [0.2, 0.25) is 0 Å². The van der Waals surface area contributed by atoms with E-state index >= 15 is 0 Å². The fourth-order valence-corrected chi connectivity index (χ4v) is 4.12. The highest BCUT2D eigenvalue weighted by Gasteiger charge is 2.21. The first-order valence-corrected chi connectivity index (χ1v) is 10.9. The summed E-state index contributed by atoms with van der Waals surface area (Å²) >= 11 is 1.72. The number of amides is 2. The van der Waals surface area contributed by atoms with Crippen LogP contribution in [-0.2, 0) is 13.0 Å². The molecule has 0 unspecified atom stereocenters. The summed E-state index contributed by atoms with van der Waals surface area (Å²) in [5.41, 5.74) is 3.09. The quantitative estimate of drug-likeness (QED) is 0.389. The topological polar surface area (TPSA) is 45.5 Å². The van der Waals surface area contributed by atoms with Crippen LogP contribution < -0.4 is 5.32 Å². The van der Waals surface area contributed by atoms with E-state index in [0.29, 0.717) is 13.1 Å². The molecule has 30 heavy (non-hydrogen) atoms. The van der Waals surface area contributed by atoms with Crippen LogP contribution in [0.25, 0.3) is 0 Å². The molecule has 0 atom stereocenters. The molecular weight excluding hydrogens is 392 g/mol. The van der Waals surface area contributed by atoms with Gasteiger partial charge in [-0.25, -0.2) is 4.79 Å². The van der Waals surface area contributed by atoms with E-state index in [2.05, 4.69) is 16.8 Å². The summed E-state index contributed by atoms with van der Waals surface area (Å²) in [6.45, 7) is 1.14. The summed E-state index contributed by atoms with van der Waals surface area (Å²) in [6.07, 6.45) is 4.16. The maximum absolute atomic E-state index is 13.4. The minimum atomic E-state index is -0.214. The average molecular weight is 417 g/mol. The van der Waals surface area contributed by atoms with Crippen LogP contribution in [0.1, 0.15) is 27.6 Å². The molecule has 2 heterocycles. The fraction of sp³-hybridized carbons (Fsp3) is 0.160. The maximum atomic E-state index is 13.4. The Hall–Kier alpha value is -3.31. The van der Waals surface area contributed by atoms with Gasteiger partial charge in [-0.2, -0.15) is 0 Å². The average Bonchev–Trinajstić information content (AvgIpc) is 3.50. The van der Waals surface area contributed by atoms with E-state index < -0.39 is 0 Å². The second-order valence-corrected chi connectivity index (χ2v) is 8.12. The van der Waals surface area contributed by atoms with Crippen molar-refractivity contribution in [1.29, 1.82) is 0 Å². The van der Waals surface area contributed by atoms with E-state index in [9.17, 15) is 4.79 Å². The van der Waals surface area contributed by atoms with Crippen molar-refractivity contribution in [2.75, 3.05) is 6.54 Å². The normalized spacial score (nSPS) is 10.8. The van der Waals surface area contributed by atoms with Crippen molar-refractivity contribution in [3.05, 3.63) is 118 Å². The Labute approximate surface area is 180 Å². The van der Waals surface area contributed by atoms with Crippen molar-refractivity contribution in [2.24, 2.45) is 0 Å². The van der Waals surface area contributed by atoms with Crippen LogP contribution in [0.5, 0.6) is 0 Å². The van der Waals surface area contributed by atoms with Crippen LogP contribution in [0.4, 0.5) is 4.79 Å². The number of hydrogen-bond donors (Lipinski definition) is 1. The van der Waals surface area contributed by atoms with Crippen LogP contribution in [0, 0.1) is 0 Å². The molecule has 2 aromatic carbocycles. The molecule has 5 heteroatoms. The van der Waals surface area contributed by atoms with Gasteiger partial charge in [0.25, 0.3) is 0 Å². The van der Waals surface area contributed by atoms with Gasteiger partial charge in [0.15, 0.2) is 0 Å². The molecule has 4 rings (SSSR count). The predicted octanol–water partition coefficient (Wildman–Crippen LogP) is 5.89. The molecule has 2 aromatic heterocycles. The molecule has 0 spiro atoms. The standard InChI is InChI=1S/C25H24N2O2S/c28-25(26-24(21-8-3-1-4-9-21)22-10-5-2-6-11-22)27(18-20-14-16-29-19-20)15-13-23-12-7-17-30-23/h1-12,14,16-17,19,24H,13,15,18H2,(H,26,28). The maximum Gasteiger partial charge on any atom is 0.318 e. The lowest BCUT2D eigenvalue weighted by molar-refractivity contribution is 0.193. The van der Waals surface area contributed by atoms with Gasteiger partial charge in [-0.05, 0) is 35.1 Å². The van der Waals surface area contributed by atoms with E-state index in [1.807, 2.05) is 77.7 Å². The predicted molar refractivity (Wildman–Crippen MR) is 120 cm³/mol. The van der Waals surface area contributed by atoms with Crippen molar-refractivity contribution < 1.29 is 9.21 Å². The first-order valence-electron chi connectivity index (χ1n) is 9.98. The van der Waals surface area contributed by atoms with Crippen LogP contribution in [0.3, 0.4) is 0 Å². The monoisotopic (exact) mass is 416 g/mol. The van der Waals surface area contributed by atoms with Crippen molar-refractivity contribution in [2.45, 2.75) is 19.0 Å². The fourth-order valence-electron chi connectivity index (χ4n) is 3.42. The number of benzene rings is 2. The summed E-state index contributed by atoms with van der Waals surface area (Å²) in [7, 11) is 0. The van der Waals surface area contributed by atoms with Gasteiger partial charge in [-0.3, -0.25) is 0 Å². The van der Waals surface area contributed by atoms with Gasteiger partial charge < -0.3 is 14.6 Å². The highest BCUT2D eigenvalue weighted by atomic mass is 32.1. The molecule has 2 amide bonds. The number of thiophene rings is 1. The molecule has 4 aromatic rings. The van der Waals surface area contributed by atoms with Crippen molar-refractivity contribution in [1.82, 2.24) is 10.2 Å². The number of urea groups is 1. The molecule has 0 aliphatic rings. The van der Waals surface area contributed by atoms with Crippen LogP contribution in [0.2, 0.25) is 0 Å². The molecule has 0 aliphatic carbocycles. The second kappa shape index (κ2) is 9.94. The number of hydrogen-bond acceptors (Lipinski definition) is 3. The number of nitrogens with one attached hydrogen (secondary N) is 1. The Kier molecular flexibility index (Phi) is 6.62. The minimum Gasteiger partial charge on any atom is -0.472 e. The molecule has 4 nitrogen and oxygen atoms in total. The Bertz CT molecular complexity index is 976. The molecule has 0 saturated carbocycles. The summed E-state index contributed by atoms with van der Waals surface area (Å²) in [4.78, 5) is 16.5. The number of carbonyl (C=O) groups is 1. The van der Waals surface area contributed by atoms with Gasteiger partial charge in [0.1, 0.15) is 0 Å². The van der Waals surface area contributed by atoms with Gasteiger partial charge >= 0.3 is 6.03 Å². The number of nitrogens with zero attached hydrogens (tertiary/aromatic N) is 1. The SMILES string of the molecule is O=C(NC(c1ccccc1)c1ccccc1)N(CCc1cccs1)Cc1ccoc1. The third kappa shape index (κ3) is 5.19. The summed E-state index contributed by atoms with van der Waals surface area (Å²) in [6, 6.07) is 25.9. The van der Waals surface area contributed by atoms with Gasteiger partial charge in [-0.15, -0.1) is 11.3 Å². The van der Waals surface area contributed by atoms with E-state index in [1.165, 1.54) is 4.88 Å². The molecule has 0 radical (unpaired) electrons. The number of rotatable bonds is 8. The summed E-state index contributed by atoms with van der Waals surface area (Å²) < 4.78 is 5.21. The summed E-state index contributed by atoms with van der Waals surface area (Å²) in [5, 5.41) is 5.32. The van der Waals surface area contributed by atoms with Crippen molar-refractivity contribution in [3.63, 3.8) is 0 Å². The van der Waals surface area contributed by atoms with Gasteiger partial charge in [-0.1, -0.05) is 66.7 Å². The minimum absolute atomic E-state index is 0.0922. The van der Waals surface area contributed by atoms with Crippen LogP contribution in [-0.4, -0.2) is 17.5 Å². The largest absolute Gasteiger partial charge is 0.472 e. The Morgan fingerprint density at radius 2 is 1.63 bits per heavy atom. The lowest BCUT2D eigenvalue weighted by Crippen LogP contribution is -2.42. The van der Waals surface area contributed by atoms with Gasteiger partial charge in [0.05, 0.1) is 25.1 Å². The van der Waals surface area contributed by atoms with E-state index in [-0.39, 0.29) is 12.1 Å². The Balaban J connectivity index is 1.55. The lowest BCUT2D eigenvalue weighted by Gasteiger charge is -2.27. The van der Waals surface area contributed by atoms with Gasteiger partial charge in [0, 0.05) is 17.0 Å². The zero-order valence-electron chi connectivity index (χ0n) is 16.6. The first kappa shape index (κ1) is 20.0. The molecule has 0 aliphatic heterocycles.